The molecule has 0 aliphatic heterocycles. The van der Waals surface area contributed by atoms with Gasteiger partial charge in [-0.3, -0.25) is 4.79 Å². The Morgan fingerprint density at radius 1 is 1.29 bits per heavy atom. The average Bonchev–Trinajstić information content (AvgIpc) is 2.16. The molecule has 0 amide bonds. The fourth-order valence-corrected chi connectivity index (χ4v) is 1.46. The summed E-state index contributed by atoms with van der Waals surface area (Å²) in [6, 6.07) is 0. The zero-order valence-corrected chi connectivity index (χ0v) is 9.29. The first kappa shape index (κ1) is 13.4. The van der Waals surface area contributed by atoms with Crippen molar-refractivity contribution in [3.05, 3.63) is 0 Å². The maximum absolute atomic E-state index is 10.3. The molecule has 0 aromatic heterocycles. The second kappa shape index (κ2) is 9.00. The van der Waals surface area contributed by atoms with Gasteiger partial charge in [0.25, 0.3) is 0 Å². The van der Waals surface area contributed by atoms with Crippen molar-refractivity contribution in [2.75, 3.05) is 7.11 Å². The van der Waals surface area contributed by atoms with Crippen LogP contribution in [0.4, 0.5) is 0 Å². The summed E-state index contributed by atoms with van der Waals surface area (Å²) in [7, 11) is 1.66. The summed E-state index contributed by atoms with van der Waals surface area (Å²) in [4.78, 5) is 10.3. The molecule has 0 unspecified atom stereocenters. The van der Waals surface area contributed by atoms with Crippen LogP contribution in [0.2, 0.25) is 0 Å². The normalized spacial score (nSPS) is 12.7. The molecule has 1 atom stereocenters. The maximum Gasteiger partial charge on any atom is 0.303 e. The number of unbranched alkanes of at least 4 members (excludes halogenated alkanes) is 3. The van der Waals surface area contributed by atoms with Gasteiger partial charge in [-0.25, -0.2) is 0 Å². The van der Waals surface area contributed by atoms with Gasteiger partial charge in [-0.1, -0.05) is 32.6 Å². The van der Waals surface area contributed by atoms with Crippen LogP contribution in [0.15, 0.2) is 0 Å². The van der Waals surface area contributed by atoms with Crippen molar-refractivity contribution in [1.29, 1.82) is 0 Å². The molecule has 84 valence electrons. The van der Waals surface area contributed by atoms with Crippen LogP contribution in [0.3, 0.4) is 0 Å². The SMILES string of the molecule is CCCCCC[C@@H](CCC(=O)O)OC. The minimum atomic E-state index is -0.736. The highest BCUT2D eigenvalue weighted by molar-refractivity contribution is 5.66. The van der Waals surface area contributed by atoms with Crippen LogP contribution in [-0.2, 0) is 9.53 Å². The molecule has 0 aliphatic rings. The third-order valence-corrected chi connectivity index (χ3v) is 2.39. The van der Waals surface area contributed by atoms with Crippen molar-refractivity contribution >= 4 is 5.97 Å². The van der Waals surface area contributed by atoms with Gasteiger partial charge in [0.1, 0.15) is 0 Å². The predicted octanol–water partition coefficient (Wildman–Crippen LogP) is 2.84. The van der Waals surface area contributed by atoms with E-state index in [9.17, 15) is 4.79 Å². The number of aliphatic carboxylic acids is 1. The number of carboxylic acids is 1. The van der Waals surface area contributed by atoms with E-state index < -0.39 is 5.97 Å². The van der Waals surface area contributed by atoms with Crippen LogP contribution >= 0.6 is 0 Å². The molecular formula is C11H22O3. The molecule has 0 fully saturated rings. The number of hydrogen-bond acceptors (Lipinski definition) is 2. The Morgan fingerprint density at radius 2 is 2.00 bits per heavy atom. The Balaban J connectivity index is 3.42. The molecule has 3 heteroatoms. The Hall–Kier alpha value is -0.570. The van der Waals surface area contributed by atoms with Gasteiger partial charge < -0.3 is 9.84 Å². The first-order valence-electron chi connectivity index (χ1n) is 5.45. The van der Waals surface area contributed by atoms with Crippen LogP contribution in [0, 0.1) is 0 Å². The summed E-state index contributed by atoms with van der Waals surface area (Å²) >= 11 is 0. The van der Waals surface area contributed by atoms with E-state index in [1.165, 1.54) is 19.3 Å². The van der Waals surface area contributed by atoms with E-state index in [1.54, 1.807) is 7.11 Å². The molecule has 0 heterocycles. The summed E-state index contributed by atoms with van der Waals surface area (Å²) in [5, 5.41) is 8.51. The second-order valence-electron chi connectivity index (χ2n) is 3.64. The Kier molecular flexibility index (Phi) is 8.64. The van der Waals surface area contributed by atoms with E-state index in [-0.39, 0.29) is 12.5 Å². The van der Waals surface area contributed by atoms with Gasteiger partial charge in [-0.05, 0) is 12.8 Å². The molecular weight excluding hydrogens is 180 g/mol. The topological polar surface area (TPSA) is 46.5 Å². The molecule has 0 bridgehead atoms. The number of methoxy groups -OCH3 is 1. The number of carbonyl (C=O) groups is 1. The van der Waals surface area contributed by atoms with E-state index in [4.69, 9.17) is 9.84 Å². The van der Waals surface area contributed by atoms with Crippen LogP contribution < -0.4 is 0 Å². The van der Waals surface area contributed by atoms with Gasteiger partial charge in [0, 0.05) is 13.5 Å². The van der Waals surface area contributed by atoms with Gasteiger partial charge in [0.2, 0.25) is 0 Å². The minimum Gasteiger partial charge on any atom is -0.481 e. The van der Waals surface area contributed by atoms with E-state index in [0.29, 0.717) is 6.42 Å². The average molecular weight is 202 g/mol. The quantitative estimate of drug-likeness (QED) is 0.585. The lowest BCUT2D eigenvalue weighted by molar-refractivity contribution is -0.137. The lowest BCUT2D eigenvalue weighted by Crippen LogP contribution is -2.12. The number of rotatable bonds is 9. The monoisotopic (exact) mass is 202 g/mol. The predicted molar refractivity (Wildman–Crippen MR) is 56.4 cm³/mol. The van der Waals surface area contributed by atoms with Crippen molar-refractivity contribution < 1.29 is 14.6 Å². The molecule has 0 saturated carbocycles. The van der Waals surface area contributed by atoms with Crippen LogP contribution in [-0.4, -0.2) is 24.3 Å². The molecule has 0 saturated heterocycles. The number of carboxylic acid groups (broad SMARTS) is 1. The lowest BCUT2D eigenvalue weighted by atomic mass is 10.1. The van der Waals surface area contributed by atoms with Gasteiger partial charge in [0.05, 0.1) is 6.10 Å². The smallest absolute Gasteiger partial charge is 0.303 e. The molecule has 0 aromatic carbocycles. The highest BCUT2D eigenvalue weighted by Crippen LogP contribution is 2.12. The standard InChI is InChI=1S/C11H22O3/c1-3-4-5-6-7-10(14-2)8-9-11(12)13/h10H,3-9H2,1-2H3,(H,12,13)/t10-/m0/s1. The van der Waals surface area contributed by atoms with Gasteiger partial charge in [0.15, 0.2) is 0 Å². The Morgan fingerprint density at radius 3 is 2.50 bits per heavy atom. The van der Waals surface area contributed by atoms with Crippen molar-refractivity contribution in [2.45, 2.75) is 58.0 Å². The van der Waals surface area contributed by atoms with Crippen molar-refractivity contribution in [2.24, 2.45) is 0 Å². The lowest BCUT2D eigenvalue weighted by Gasteiger charge is -2.13. The van der Waals surface area contributed by atoms with E-state index in [0.717, 1.165) is 12.8 Å². The highest BCUT2D eigenvalue weighted by atomic mass is 16.5. The second-order valence-corrected chi connectivity index (χ2v) is 3.64. The first-order valence-corrected chi connectivity index (χ1v) is 5.45. The number of hydrogen-bond donors (Lipinski definition) is 1. The molecule has 0 radical (unpaired) electrons. The van der Waals surface area contributed by atoms with Crippen molar-refractivity contribution in [1.82, 2.24) is 0 Å². The summed E-state index contributed by atoms with van der Waals surface area (Å²) in [6.07, 6.45) is 6.83. The molecule has 14 heavy (non-hydrogen) atoms. The maximum atomic E-state index is 10.3. The summed E-state index contributed by atoms with van der Waals surface area (Å²) in [5.41, 5.74) is 0. The molecule has 0 aliphatic carbocycles. The zero-order valence-electron chi connectivity index (χ0n) is 9.29. The Labute approximate surface area is 86.5 Å². The van der Waals surface area contributed by atoms with Gasteiger partial charge in [-0.15, -0.1) is 0 Å². The third-order valence-electron chi connectivity index (χ3n) is 2.39. The first-order chi connectivity index (χ1) is 6.70. The fraction of sp³-hybridized carbons (Fsp3) is 0.909. The summed E-state index contributed by atoms with van der Waals surface area (Å²) in [5.74, 6) is -0.736. The van der Waals surface area contributed by atoms with E-state index in [2.05, 4.69) is 6.92 Å². The minimum absolute atomic E-state index is 0.128. The van der Waals surface area contributed by atoms with Crippen LogP contribution in [0.25, 0.3) is 0 Å². The summed E-state index contributed by atoms with van der Waals surface area (Å²) < 4.78 is 5.22. The third kappa shape index (κ3) is 8.05. The van der Waals surface area contributed by atoms with Crippen molar-refractivity contribution in [3.63, 3.8) is 0 Å². The highest BCUT2D eigenvalue weighted by Gasteiger charge is 2.08. The molecule has 3 nitrogen and oxygen atoms in total. The van der Waals surface area contributed by atoms with Crippen molar-refractivity contribution in [3.8, 4) is 0 Å². The van der Waals surface area contributed by atoms with Crippen LogP contribution in [0.1, 0.15) is 51.9 Å². The fourth-order valence-electron chi connectivity index (χ4n) is 1.46. The molecule has 0 aromatic rings. The van der Waals surface area contributed by atoms with E-state index in [1.807, 2.05) is 0 Å². The largest absolute Gasteiger partial charge is 0.481 e. The molecule has 0 rings (SSSR count). The van der Waals surface area contributed by atoms with Gasteiger partial charge in [-0.2, -0.15) is 0 Å². The summed E-state index contributed by atoms with van der Waals surface area (Å²) in [6.45, 7) is 2.18. The number of ether oxygens (including phenoxy) is 1. The zero-order chi connectivity index (χ0) is 10.8. The molecule has 1 N–H and O–H groups in total. The van der Waals surface area contributed by atoms with Crippen LogP contribution in [0.5, 0.6) is 0 Å². The molecule has 0 spiro atoms. The Bertz CT molecular complexity index is 145. The van der Waals surface area contributed by atoms with Gasteiger partial charge >= 0.3 is 5.97 Å². The van der Waals surface area contributed by atoms with E-state index >= 15 is 0 Å².